The lowest BCUT2D eigenvalue weighted by molar-refractivity contribution is -0.143. The molecule has 3 heterocycles. The number of likely N-dealkylation sites (N-methyl/N-ethyl adjacent to an activating group) is 1. The van der Waals surface area contributed by atoms with E-state index in [1.165, 1.54) is 6.33 Å². The molecule has 0 radical (unpaired) electrons. The van der Waals surface area contributed by atoms with Gasteiger partial charge in [0.25, 0.3) is 5.91 Å². The van der Waals surface area contributed by atoms with Gasteiger partial charge in [0.1, 0.15) is 18.4 Å². The third-order valence-electron chi connectivity index (χ3n) is 6.40. The second-order valence-corrected chi connectivity index (χ2v) is 8.44. The molecule has 0 unspecified atom stereocenters. The monoisotopic (exact) mass is 437 g/mol. The summed E-state index contributed by atoms with van der Waals surface area (Å²) in [6.45, 7) is 1.41. The lowest BCUT2D eigenvalue weighted by Crippen LogP contribution is -2.57. The minimum Gasteiger partial charge on any atom is -0.483 e. The SMILES string of the molecule is CN1C(=O)COc2ccccc2C/C=C/C[C@@H]2[C@H]1CCCN2C(=O)CCCn1cncn1. The maximum absolute atomic E-state index is 13.1. The summed E-state index contributed by atoms with van der Waals surface area (Å²) >= 11 is 0. The first-order valence-electron chi connectivity index (χ1n) is 11.4. The van der Waals surface area contributed by atoms with E-state index >= 15 is 0 Å². The molecular weight excluding hydrogens is 406 g/mol. The van der Waals surface area contributed by atoms with Gasteiger partial charge >= 0.3 is 0 Å². The number of aryl methyl sites for hydroxylation is 1. The maximum Gasteiger partial charge on any atom is 0.260 e. The number of hydrogen-bond acceptors (Lipinski definition) is 5. The Balaban J connectivity index is 1.48. The van der Waals surface area contributed by atoms with E-state index < -0.39 is 0 Å². The van der Waals surface area contributed by atoms with E-state index in [0.717, 1.165) is 43.5 Å². The van der Waals surface area contributed by atoms with Crippen molar-refractivity contribution in [1.82, 2.24) is 24.6 Å². The third-order valence-corrected chi connectivity index (χ3v) is 6.40. The van der Waals surface area contributed by atoms with Crippen LogP contribution in [0.25, 0.3) is 0 Å². The summed E-state index contributed by atoms with van der Waals surface area (Å²) in [5.74, 6) is 0.839. The van der Waals surface area contributed by atoms with E-state index in [1.54, 1.807) is 15.9 Å². The molecule has 0 bridgehead atoms. The molecule has 0 saturated carbocycles. The number of carbonyl (C=O) groups excluding carboxylic acids is 2. The Morgan fingerprint density at radius 3 is 2.94 bits per heavy atom. The van der Waals surface area contributed by atoms with Gasteiger partial charge in [-0.05, 0) is 43.7 Å². The fourth-order valence-electron chi connectivity index (χ4n) is 4.65. The molecule has 2 aliphatic heterocycles. The highest BCUT2D eigenvalue weighted by atomic mass is 16.5. The molecule has 8 nitrogen and oxygen atoms in total. The summed E-state index contributed by atoms with van der Waals surface area (Å²) in [4.78, 5) is 33.8. The Labute approximate surface area is 188 Å². The second kappa shape index (κ2) is 10.4. The van der Waals surface area contributed by atoms with Crippen molar-refractivity contribution in [3.05, 3.63) is 54.6 Å². The summed E-state index contributed by atoms with van der Waals surface area (Å²) < 4.78 is 7.61. The summed E-state index contributed by atoms with van der Waals surface area (Å²) in [6.07, 6.45) is 11.9. The molecule has 4 rings (SSSR count). The number of piperidine rings is 1. The molecule has 0 N–H and O–H groups in total. The van der Waals surface area contributed by atoms with Gasteiger partial charge in [0.05, 0.1) is 12.1 Å². The largest absolute Gasteiger partial charge is 0.483 e. The highest BCUT2D eigenvalue weighted by Gasteiger charge is 2.37. The number of nitrogens with zero attached hydrogens (tertiary/aromatic N) is 5. The molecule has 0 spiro atoms. The van der Waals surface area contributed by atoms with Crippen molar-refractivity contribution in [3.63, 3.8) is 0 Å². The first-order chi connectivity index (χ1) is 15.6. The van der Waals surface area contributed by atoms with Crippen molar-refractivity contribution in [2.45, 2.75) is 57.2 Å². The quantitative estimate of drug-likeness (QED) is 0.687. The van der Waals surface area contributed by atoms with Crippen molar-refractivity contribution in [3.8, 4) is 5.75 Å². The van der Waals surface area contributed by atoms with E-state index in [-0.39, 0.29) is 30.5 Å². The van der Waals surface area contributed by atoms with Crippen LogP contribution in [0.2, 0.25) is 0 Å². The summed E-state index contributed by atoms with van der Waals surface area (Å²) in [5.41, 5.74) is 1.06. The number of para-hydroxylation sites is 1. The molecule has 1 fully saturated rings. The molecule has 2 aromatic rings. The van der Waals surface area contributed by atoms with E-state index in [2.05, 4.69) is 22.2 Å². The average molecular weight is 438 g/mol. The van der Waals surface area contributed by atoms with Crippen LogP contribution in [0.15, 0.2) is 49.1 Å². The number of allylic oxidation sites excluding steroid dienone is 1. The van der Waals surface area contributed by atoms with Crippen LogP contribution in [0, 0.1) is 0 Å². The summed E-state index contributed by atoms with van der Waals surface area (Å²) in [6, 6.07) is 7.79. The number of amides is 2. The van der Waals surface area contributed by atoms with Crippen molar-refractivity contribution in [1.29, 1.82) is 0 Å². The predicted molar refractivity (Wildman–Crippen MR) is 120 cm³/mol. The molecular formula is C24H31N5O3. The van der Waals surface area contributed by atoms with Gasteiger partial charge in [-0.1, -0.05) is 30.4 Å². The van der Waals surface area contributed by atoms with Gasteiger partial charge in [-0.3, -0.25) is 14.3 Å². The molecule has 2 amide bonds. The first kappa shape index (κ1) is 22.0. The van der Waals surface area contributed by atoms with Crippen LogP contribution < -0.4 is 4.74 Å². The number of aromatic nitrogens is 3. The molecule has 8 heteroatoms. The van der Waals surface area contributed by atoms with E-state index in [9.17, 15) is 9.59 Å². The van der Waals surface area contributed by atoms with Crippen molar-refractivity contribution in [2.75, 3.05) is 20.2 Å². The van der Waals surface area contributed by atoms with Gasteiger partial charge < -0.3 is 14.5 Å². The Bertz CT molecular complexity index is 943. The summed E-state index contributed by atoms with van der Waals surface area (Å²) in [7, 11) is 1.84. The summed E-state index contributed by atoms with van der Waals surface area (Å²) in [5, 5.41) is 4.10. The molecule has 1 aromatic carbocycles. The lowest BCUT2D eigenvalue weighted by atomic mass is 9.91. The smallest absolute Gasteiger partial charge is 0.260 e. The molecule has 170 valence electrons. The minimum absolute atomic E-state index is 0.00625. The Hall–Kier alpha value is -3.16. The van der Waals surface area contributed by atoms with Gasteiger partial charge in [0, 0.05) is 26.6 Å². The Morgan fingerprint density at radius 2 is 2.09 bits per heavy atom. The molecule has 1 saturated heterocycles. The normalized spacial score (nSPS) is 22.7. The number of ether oxygens (including phenoxy) is 1. The van der Waals surface area contributed by atoms with Crippen molar-refractivity contribution < 1.29 is 14.3 Å². The van der Waals surface area contributed by atoms with E-state index in [0.29, 0.717) is 19.4 Å². The van der Waals surface area contributed by atoms with Crippen LogP contribution in [0.4, 0.5) is 0 Å². The van der Waals surface area contributed by atoms with Crippen molar-refractivity contribution >= 4 is 11.8 Å². The van der Waals surface area contributed by atoms with Crippen LogP contribution in [0.5, 0.6) is 5.75 Å². The maximum atomic E-state index is 13.1. The van der Waals surface area contributed by atoms with Gasteiger partial charge in [0.2, 0.25) is 5.91 Å². The van der Waals surface area contributed by atoms with Crippen molar-refractivity contribution in [2.24, 2.45) is 0 Å². The fraction of sp³-hybridized carbons (Fsp3) is 0.500. The Morgan fingerprint density at radius 1 is 1.22 bits per heavy atom. The average Bonchev–Trinajstić information content (AvgIpc) is 3.33. The number of carbonyl (C=O) groups is 2. The number of benzene rings is 1. The second-order valence-electron chi connectivity index (χ2n) is 8.44. The molecule has 0 aliphatic carbocycles. The van der Waals surface area contributed by atoms with Crippen LogP contribution in [0.1, 0.15) is 37.7 Å². The number of fused-ring (bicyclic) bond motifs is 2. The van der Waals surface area contributed by atoms with Crippen LogP contribution >= 0.6 is 0 Å². The highest BCUT2D eigenvalue weighted by Crippen LogP contribution is 2.27. The predicted octanol–water partition coefficient (Wildman–Crippen LogP) is 2.46. The molecule has 2 aliphatic rings. The Kier molecular flexibility index (Phi) is 7.19. The first-order valence-corrected chi connectivity index (χ1v) is 11.4. The van der Waals surface area contributed by atoms with E-state index in [1.807, 2.05) is 36.2 Å². The lowest BCUT2D eigenvalue weighted by Gasteiger charge is -2.45. The fourth-order valence-corrected chi connectivity index (χ4v) is 4.65. The molecule has 2 atom stereocenters. The molecule has 1 aromatic heterocycles. The van der Waals surface area contributed by atoms with Gasteiger partial charge in [-0.2, -0.15) is 5.10 Å². The zero-order chi connectivity index (χ0) is 22.3. The third kappa shape index (κ3) is 5.18. The van der Waals surface area contributed by atoms with E-state index in [4.69, 9.17) is 4.74 Å². The van der Waals surface area contributed by atoms with Crippen LogP contribution in [0.3, 0.4) is 0 Å². The number of hydrogen-bond donors (Lipinski definition) is 0. The van der Waals surface area contributed by atoms with Crippen LogP contribution in [-0.2, 0) is 22.6 Å². The number of rotatable bonds is 4. The number of likely N-dealkylation sites (tertiary alicyclic amines) is 1. The van der Waals surface area contributed by atoms with Gasteiger partial charge in [0.15, 0.2) is 6.61 Å². The minimum atomic E-state index is -0.0557. The topological polar surface area (TPSA) is 80.6 Å². The van der Waals surface area contributed by atoms with Gasteiger partial charge in [-0.25, -0.2) is 4.98 Å². The van der Waals surface area contributed by atoms with Crippen LogP contribution in [-0.4, -0.2) is 68.7 Å². The zero-order valence-electron chi connectivity index (χ0n) is 18.6. The zero-order valence-corrected chi connectivity index (χ0v) is 18.6. The molecule has 32 heavy (non-hydrogen) atoms. The highest BCUT2D eigenvalue weighted by molar-refractivity contribution is 5.79. The standard InChI is InChI=1S/C24H31N5O3/c1-27-20-11-6-15-29(23(30)13-7-14-28-18-25-17-26-28)21(20)10-4-2-8-19-9-3-5-12-22(19)32-16-24(27)31/h2-5,9,12,17-18,20-21H,6-8,10-11,13-16H2,1H3/b4-2+/t20-,21-/m1/s1. The van der Waals surface area contributed by atoms with Gasteiger partial charge in [-0.15, -0.1) is 0 Å².